The van der Waals surface area contributed by atoms with Crippen LogP contribution in [0.4, 0.5) is 0 Å². The molecule has 0 N–H and O–H groups in total. The molecule has 0 atom stereocenters. The number of fused-ring (bicyclic) bond motifs is 3. The van der Waals surface area contributed by atoms with E-state index in [1.807, 2.05) is 0 Å². The van der Waals surface area contributed by atoms with E-state index in [4.69, 9.17) is 8.83 Å². The van der Waals surface area contributed by atoms with Crippen molar-refractivity contribution >= 4 is 34.6 Å². The number of hydrogen-bond donors (Lipinski definition) is 1. The van der Waals surface area contributed by atoms with E-state index in [1.165, 1.54) is 17.1 Å². The highest BCUT2D eigenvalue weighted by Crippen LogP contribution is 2.21. The molecule has 0 spiro atoms. The fraction of sp³-hybridized carbons (Fsp3) is 0.333. The van der Waals surface area contributed by atoms with Gasteiger partial charge in [-0.1, -0.05) is 6.42 Å². The molecule has 0 fully saturated rings. The Labute approximate surface area is 125 Å². The summed E-state index contributed by atoms with van der Waals surface area (Å²) in [4.78, 5) is 25.1. The Hall–Kier alpha value is -1.95. The first-order valence-corrected chi connectivity index (χ1v) is 7.49. The lowest BCUT2D eigenvalue weighted by Crippen LogP contribution is -2.30. The summed E-state index contributed by atoms with van der Waals surface area (Å²) < 4.78 is 11.9. The fourth-order valence-electron chi connectivity index (χ4n) is 2.45. The second-order valence-electron chi connectivity index (χ2n) is 4.87. The van der Waals surface area contributed by atoms with Crippen LogP contribution in [0, 0.1) is 0 Å². The second kappa shape index (κ2) is 5.81. The predicted molar refractivity (Wildman–Crippen MR) is 84.2 cm³/mol. The number of nitrogens with zero attached hydrogens (tertiary/aromatic N) is 1. The summed E-state index contributed by atoms with van der Waals surface area (Å²) in [5.41, 5.74) is -0.0144. The number of furan rings is 2. The first-order valence-electron chi connectivity index (χ1n) is 6.86. The van der Waals surface area contributed by atoms with Crippen LogP contribution in [-0.4, -0.2) is 10.3 Å². The third kappa shape index (κ3) is 2.40. The third-order valence-corrected chi connectivity index (χ3v) is 3.84. The average Bonchev–Trinajstić information content (AvgIpc) is 3.12. The Morgan fingerprint density at radius 2 is 1.48 bits per heavy atom. The van der Waals surface area contributed by atoms with Crippen LogP contribution < -0.4 is 11.1 Å². The van der Waals surface area contributed by atoms with Gasteiger partial charge >= 0.3 is 0 Å². The van der Waals surface area contributed by atoms with Crippen molar-refractivity contribution in [2.24, 2.45) is 0 Å². The Kier molecular flexibility index (Phi) is 3.88. The zero-order valence-electron chi connectivity index (χ0n) is 11.4. The number of aromatic nitrogens is 1. The van der Waals surface area contributed by atoms with Crippen molar-refractivity contribution in [3.05, 3.63) is 45.4 Å². The Morgan fingerprint density at radius 3 is 2.00 bits per heavy atom. The van der Waals surface area contributed by atoms with Crippen LogP contribution in [0.3, 0.4) is 0 Å². The van der Waals surface area contributed by atoms with Crippen molar-refractivity contribution < 1.29 is 8.83 Å². The van der Waals surface area contributed by atoms with E-state index in [-0.39, 0.29) is 11.1 Å². The molecular formula is C15H15NO4S. The summed E-state index contributed by atoms with van der Waals surface area (Å²) in [6.07, 6.45) is 5.52. The van der Waals surface area contributed by atoms with E-state index >= 15 is 0 Å². The van der Waals surface area contributed by atoms with Crippen molar-refractivity contribution in [1.82, 2.24) is 4.57 Å². The van der Waals surface area contributed by atoms with Gasteiger partial charge in [0.2, 0.25) is 0 Å². The maximum Gasteiger partial charge on any atom is 0.264 e. The number of thiol groups is 1. The zero-order valence-corrected chi connectivity index (χ0v) is 12.3. The third-order valence-electron chi connectivity index (χ3n) is 3.53. The lowest BCUT2D eigenvalue weighted by molar-refractivity contribution is 0.583. The van der Waals surface area contributed by atoms with Gasteiger partial charge in [0.15, 0.2) is 11.2 Å². The highest BCUT2D eigenvalue weighted by Gasteiger charge is 2.14. The van der Waals surface area contributed by atoms with Crippen molar-refractivity contribution in [2.45, 2.75) is 25.8 Å². The summed E-state index contributed by atoms with van der Waals surface area (Å²) in [6, 6.07) is 3.15. The van der Waals surface area contributed by atoms with E-state index in [1.54, 1.807) is 12.1 Å². The molecule has 0 radical (unpaired) electrons. The normalized spacial score (nSPS) is 11.5. The lowest BCUT2D eigenvalue weighted by Gasteiger charge is -2.01. The van der Waals surface area contributed by atoms with E-state index < -0.39 is 0 Å². The van der Waals surface area contributed by atoms with Gasteiger partial charge in [-0.15, -0.1) is 0 Å². The molecule has 0 amide bonds. The van der Waals surface area contributed by atoms with Crippen LogP contribution >= 0.6 is 12.6 Å². The number of unbranched alkanes of at least 4 members (excludes halogenated alkanes) is 2. The van der Waals surface area contributed by atoms with Gasteiger partial charge < -0.3 is 8.83 Å². The smallest absolute Gasteiger partial charge is 0.264 e. The number of hydrogen-bond acceptors (Lipinski definition) is 5. The van der Waals surface area contributed by atoms with Gasteiger partial charge in [0, 0.05) is 6.54 Å². The van der Waals surface area contributed by atoms with Gasteiger partial charge in [-0.05, 0) is 30.7 Å². The molecule has 5 nitrogen and oxygen atoms in total. The molecule has 0 unspecified atom stereocenters. The van der Waals surface area contributed by atoms with Gasteiger partial charge in [-0.2, -0.15) is 12.6 Å². The van der Waals surface area contributed by atoms with Crippen molar-refractivity contribution in [3.8, 4) is 0 Å². The van der Waals surface area contributed by atoms with Crippen LogP contribution in [0.1, 0.15) is 19.3 Å². The molecule has 0 aliphatic rings. The highest BCUT2D eigenvalue weighted by molar-refractivity contribution is 7.80. The SMILES string of the molecule is O=c1c2ccoc2c2occc2c(=O)n1CCCCCS. The first kappa shape index (κ1) is 14.0. The fourth-order valence-corrected chi connectivity index (χ4v) is 2.68. The molecule has 0 aliphatic heterocycles. The topological polar surface area (TPSA) is 65.3 Å². The minimum atomic E-state index is -0.332. The molecular weight excluding hydrogens is 290 g/mol. The molecule has 0 bridgehead atoms. The quantitative estimate of drug-likeness (QED) is 0.581. The highest BCUT2D eigenvalue weighted by atomic mass is 32.1. The molecule has 0 aromatic carbocycles. The predicted octanol–water partition coefficient (Wildman–Crippen LogP) is 2.80. The minimum Gasteiger partial charge on any atom is -0.460 e. The standard InChI is InChI=1S/C15H15NO4S/c17-14-10-4-7-19-12(10)13-11(5-8-20-13)15(18)16(14)6-2-1-3-9-21/h4-5,7-8,21H,1-3,6,9H2. The van der Waals surface area contributed by atoms with Gasteiger partial charge in [-0.3, -0.25) is 14.2 Å². The molecule has 3 heterocycles. The van der Waals surface area contributed by atoms with Crippen molar-refractivity contribution in [1.29, 1.82) is 0 Å². The van der Waals surface area contributed by atoms with Gasteiger partial charge in [-0.25, -0.2) is 0 Å². The van der Waals surface area contributed by atoms with E-state index in [2.05, 4.69) is 12.6 Å². The van der Waals surface area contributed by atoms with Gasteiger partial charge in [0.05, 0.1) is 23.3 Å². The van der Waals surface area contributed by atoms with Crippen molar-refractivity contribution in [2.75, 3.05) is 5.75 Å². The minimum absolute atomic E-state index is 0.325. The van der Waals surface area contributed by atoms with E-state index in [9.17, 15) is 9.59 Å². The van der Waals surface area contributed by atoms with E-state index in [0.29, 0.717) is 28.5 Å². The van der Waals surface area contributed by atoms with Crippen molar-refractivity contribution in [3.63, 3.8) is 0 Å². The molecule has 110 valence electrons. The van der Waals surface area contributed by atoms with Crippen LogP contribution in [0.25, 0.3) is 21.9 Å². The number of rotatable bonds is 5. The Balaban J connectivity index is 2.21. The van der Waals surface area contributed by atoms with Crippen LogP contribution in [0.2, 0.25) is 0 Å². The van der Waals surface area contributed by atoms with E-state index in [0.717, 1.165) is 25.0 Å². The largest absolute Gasteiger partial charge is 0.460 e. The molecule has 3 rings (SSSR count). The summed E-state index contributed by atoms with van der Waals surface area (Å²) >= 11 is 4.16. The summed E-state index contributed by atoms with van der Waals surface area (Å²) in [7, 11) is 0. The summed E-state index contributed by atoms with van der Waals surface area (Å²) in [6.45, 7) is 0.390. The second-order valence-corrected chi connectivity index (χ2v) is 5.32. The Bertz CT molecular complexity index is 823. The summed E-state index contributed by atoms with van der Waals surface area (Å²) in [5, 5.41) is 0.734. The van der Waals surface area contributed by atoms with Crippen LogP contribution in [0.15, 0.2) is 43.1 Å². The van der Waals surface area contributed by atoms with Crippen LogP contribution in [-0.2, 0) is 6.54 Å². The molecule has 3 aromatic heterocycles. The van der Waals surface area contributed by atoms with Gasteiger partial charge in [0.25, 0.3) is 11.1 Å². The zero-order chi connectivity index (χ0) is 14.8. The maximum absolute atomic E-state index is 12.5. The molecule has 6 heteroatoms. The molecule has 21 heavy (non-hydrogen) atoms. The monoisotopic (exact) mass is 305 g/mol. The molecule has 3 aromatic rings. The lowest BCUT2D eigenvalue weighted by atomic mass is 10.2. The average molecular weight is 305 g/mol. The summed E-state index contributed by atoms with van der Waals surface area (Å²) in [5.74, 6) is 0.805. The maximum atomic E-state index is 12.5. The molecule has 0 saturated heterocycles. The first-order chi connectivity index (χ1) is 10.2. The molecule has 0 saturated carbocycles. The van der Waals surface area contributed by atoms with Gasteiger partial charge in [0.1, 0.15) is 0 Å². The van der Waals surface area contributed by atoms with Crippen LogP contribution in [0.5, 0.6) is 0 Å². The molecule has 0 aliphatic carbocycles. The Morgan fingerprint density at radius 1 is 0.905 bits per heavy atom.